The summed E-state index contributed by atoms with van der Waals surface area (Å²) in [5, 5.41) is 0. The van der Waals surface area contributed by atoms with E-state index in [9.17, 15) is 0 Å². The Morgan fingerprint density at radius 2 is 1.40 bits per heavy atom. The van der Waals surface area contributed by atoms with Crippen molar-refractivity contribution in [3.63, 3.8) is 0 Å². The van der Waals surface area contributed by atoms with Crippen LogP contribution in [0.25, 0.3) is 0 Å². The minimum atomic E-state index is -2.87. The third-order valence-corrected chi connectivity index (χ3v) is 0. The zero-order valence-corrected chi connectivity index (χ0v) is 4.02. The molecule has 0 aromatic rings. The largest absolute Gasteiger partial charge is 0.692 e. The van der Waals surface area contributed by atoms with Gasteiger partial charge in [0, 0.05) is 21.3 Å². The summed E-state index contributed by atoms with van der Waals surface area (Å²) in [7, 11) is -2.87. The van der Waals surface area contributed by atoms with Gasteiger partial charge >= 0.3 is 8.25 Å². The van der Waals surface area contributed by atoms with Gasteiger partial charge in [-0.15, -0.1) is 9.79 Å². The molecule has 0 aliphatic carbocycles. The Morgan fingerprint density at radius 1 is 1.40 bits per heavy atom. The Kier molecular flexibility index (Phi) is 8.24. The van der Waals surface area contributed by atoms with Gasteiger partial charge in [-0.05, 0) is 0 Å². The molecule has 0 aromatic heterocycles. The van der Waals surface area contributed by atoms with Gasteiger partial charge in [0.15, 0.2) is 0 Å². The van der Waals surface area contributed by atoms with E-state index in [4.69, 9.17) is 14.4 Å². The number of rotatable bonds is 0. The predicted molar refractivity (Wildman–Crippen MR) is 12.0 cm³/mol. The molecule has 0 amide bonds. The molecule has 0 rings (SSSR count). The van der Waals surface area contributed by atoms with Gasteiger partial charge in [0.1, 0.15) is 0 Å². The molecule has 1 radical (unpaired) electrons. The van der Waals surface area contributed by atoms with Crippen LogP contribution in [0.4, 0.5) is 0 Å². The second-order valence-corrected chi connectivity index (χ2v) is 0.758. The molecule has 0 atom stereocenters. The molecule has 5 heavy (non-hydrogen) atoms. The first kappa shape index (κ1) is 9.11. The molecular weight excluding hydrogens is 138 g/mol. The number of hydrogen-bond acceptors (Lipinski definition) is 1. The fourth-order valence-electron chi connectivity index (χ4n) is 0. The Hall–Kier alpha value is 0.526. The first-order valence-electron chi connectivity index (χ1n) is 0.583. The standard InChI is InChI=1S/Co.HO3P/c;1-4(2)3/h;(H-,1,2,3)/p+1. The average Bonchev–Trinajstić information content (AvgIpc) is 0.811. The van der Waals surface area contributed by atoms with Crippen molar-refractivity contribution in [3.8, 4) is 0 Å². The van der Waals surface area contributed by atoms with Crippen molar-refractivity contribution in [1.82, 2.24) is 0 Å². The van der Waals surface area contributed by atoms with E-state index in [1.165, 1.54) is 0 Å². The predicted octanol–water partition coefficient (Wildman–Crippen LogP) is -0.374. The molecule has 3 nitrogen and oxygen atoms in total. The minimum absolute atomic E-state index is 0. The van der Waals surface area contributed by atoms with Crippen molar-refractivity contribution >= 4 is 8.25 Å². The van der Waals surface area contributed by atoms with Crippen molar-refractivity contribution in [1.29, 1.82) is 0 Å². The maximum atomic E-state index is 8.70. The van der Waals surface area contributed by atoms with Crippen LogP contribution in [-0.2, 0) is 21.3 Å². The molecule has 5 heteroatoms. The van der Waals surface area contributed by atoms with E-state index in [0.717, 1.165) is 0 Å². The summed E-state index contributed by atoms with van der Waals surface area (Å²) in [6.07, 6.45) is 0. The molecule has 0 aromatic carbocycles. The molecule has 0 bridgehead atoms. The molecule has 0 aliphatic heterocycles. The molecule has 0 heterocycles. The van der Waals surface area contributed by atoms with Crippen LogP contribution >= 0.6 is 8.25 Å². The van der Waals surface area contributed by atoms with Crippen molar-refractivity contribution in [2.75, 3.05) is 0 Å². The maximum Gasteiger partial charge on any atom is 0.692 e. The number of hydrogen-bond donors (Lipinski definition) is 2. The van der Waals surface area contributed by atoms with Crippen LogP contribution in [0.3, 0.4) is 0 Å². The molecule has 0 aliphatic rings. The summed E-state index contributed by atoms with van der Waals surface area (Å²) in [6, 6.07) is 0. The summed E-state index contributed by atoms with van der Waals surface area (Å²) in [4.78, 5) is 14.2. The summed E-state index contributed by atoms with van der Waals surface area (Å²) in [6.45, 7) is 0. The van der Waals surface area contributed by atoms with Crippen molar-refractivity contribution in [3.05, 3.63) is 0 Å². The van der Waals surface area contributed by atoms with Gasteiger partial charge < -0.3 is 0 Å². The van der Waals surface area contributed by atoms with E-state index in [0.29, 0.717) is 0 Å². The summed E-state index contributed by atoms with van der Waals surface area (Å²) in [5.41, 5.74) is 0. The van der Waals surface area contributed by atoms with Crippen LogP contribution in [0.1, 0.15) is 0 Å². The molecule has 0 unspecified atom stereocenters. The fraction of sp³-hybridized carbons (Fsp3) is 0. The van der Waals surface area contributed by atoms with Crippen molar-refractivity contribution in [2.24, 2.45) is 0 Å². The first-order chi connectivity index (χ1) is 1.73. The Bertz CT molecular complexity index is 29.9. The van der Waals surface area contributed by atoms with Crippen LogP contribution in [-0.4, -0.2) is 9.79 Å². The zero-order valence-electron chi connectivity index (χ0n) is 2.08. The maximum absolute atomic E-state index is 8.70. The van der Waals surface area contributed by atoms with E-state index in [1.54, 1.807) is 0 Å². The van der Waals surface area contributed by atoms with Crippen LogP contribution in [0.5, 0.6) is 0 Å². The van der Waals surface area contributed by atoms with Gasteiger partial charge in [-0.2, -0.15) is 0 Å². The third kappa shape index (κ3) is 104. The molecule has 0 fully saturated rings. The molecular formula is H2CoO3P+. The van der Waals surface area contributed by atoms with Gasteiger partial charge in [0.25, 0.3) is 0 Å². The summed E-state index contributed by atoms with van der Waals surface area (Å²) >= 11 is 0. The van der Waals surface area contributed by atoms with Gasteiger partial charge in [-0.3, -0.25) is 0 Å². The fourth-order valence-corrected chi connectivity index (χ4v) is 0. The first-order valence-corrected chi connectivity index (χ1v) is 1.75. The monoisotopic (exact) mass is 140 g/mol. The third-order valence-electron chi connectivity index (χ3n) is 0. The van der Waals surface area contributed by atoms with Gasteiger partial charge in [0.2, 0.25) is 0 Å². The van der Waals surface area contributed by atoms with Gasteiger partial charge in [0.05, 0.1) is 0 Å². The smallest absolute Gasteiger partial charge is 0.134 e. The zero-order chi connectivity index (χ0) is 3.58. The van der Waals surface area contributed by atoms with E-state index >= 15 is 0 Å². The normalized spacial score (nSPS) is 5.20. The Labute approximate surface area is 40.2 Å². The average molecular weight is 140 g/mol. The van der Waals surface area contributed by atoms with Gasteiger partial charge in [-0.1, -0.05) is 0 Å². The molecule has 2 N–H and O–H groups in total. The second kappa shape index (κ2) is 4.53. The van der Waals surface area contributed by atoms with E-state index in [-0.39, 0.29) is 16.8 Å². The molecule has 0 saturated heterocycles. The van der Waals surface area contributed by atoms with Crippen LogP contribution < -0.4 is 0 Å². The second-order valence-electron chi connectivity index (χ2n) is 0.253. The SMILES string of the molecule is O=[P+](O)O.[Co]. The molecule has 33 valence electrons. The summed E-state index contributed by atoms with van der Waals surface area (Å²) < 4.78 is 8.70. The van der Waals surface area contributed by atoms with Crippen molar-refractivity contribution in [2.45, 2.75) is 0 Å². The summed E-state index contributed by atoms with van der Waals surface area (Å²) in [5.74, 6) is 0. The van der Waals surface area contributed by atoms with Gasteiger partial charge in [-0.25, -0.2) is 0 Å². The molecule has 0 spiro atoms. The van der Waals surface area contributed by atoms with E-state index < -0.39 is 8.25 Å². The van der Waals surface area contributed by atoms with Crippen LogP contribution in [0.2, 0.25) is 0 Å². The molecule has 0 saturated carbocycles. The van der Waals surface area contributed by atoms with Crippen LogP contribution in [0.15, 0.2) is 0 Å². The van der Waals surface area contributed by atoms with E-state index in [1.807, 2.05) is 0 Å². The minimum Gasteiger partial charge on any atom is -0.134 e. The van der Waals surface area contributed by atoms with Crippen molar-refractivity contribution < 1.29 is 31.1 Å². The van der Waals surface area contributed by atoms with E-state index in [2.05, 4.69) is 0 Å². The van der Waals surface area contributed by atoms with Crippen LogP contribution in [0, 0.1) is 0 Å². The Balaban J connectivity index is 0. The quantitative estimate of drug-likeness (QED) is 0.451. The Morgan fingerprint density at radius 3 is 1.40 bits per heavy atom. The topological polar surface area (TPSA) is 57.5 Å².